The first-order valence-electron chi connectivity index (χ1n) is 8.72. The van der Waals surface area contributed by atoms with Crippen LogP contribution in [0.15, 0.2) is 48.5 Å². The number of likely N-dealkylation sites (N-methyl/N-ethyl adjacent to an activating group) is 1. The number of amides is 1. The van der Waals surface area contributed by atoms with Gasteiger partial charge in [-0.15, -0.1) is 0 Å². The third-order valence-electron chi connectivity index (χ3n) is 4.77. The first-order chi connectivity index (χ1) is 11.7. The van der Waals surface area contributed by atoms with E-state index in [1.165, 1.54) is 25.3 Å². The molecule has 4 nitrogen and oxygen atoms in total. The van der Waals surface area contributed by atoms with Crippen LogP contribution >= 0.6 is 0 Å². The normalized spacial score (nSPS) is 15.3. The molecule has 0 aromatic heterocycles. The number of nitrogens with zero attached hydrogens (tertiary/aromatic N) is 1. The summed E-state index contributed by atoms with van der Waals surface area (Å²) in [5.41, 5.74) is 3.91. The zero-order valence-corrected chi connectivity index (χ0v) is 14.5. The number of piperazine rings is 1. The van der Waals surface area contributed by atoms with Gasteiger partial charge in [0.15, 0.2) is 0 Å². The van der Waals surface area contributed by atoms with Crippen LogP contribution in [0.3, 0.4) is 0 Å². The van der Waals surface area contributed by atoms with Gasteiger partial charge in [0.05, 0.1) is 32.7 Å². The summed E-state index contributed by atoms with van der Waals surface area (Å²) in [6.07, 6.45) is 0. The number of hydrogen-bond acceptors (Lipinski definition) is 2. The topological polar surface area (TPSA) is 36.8 Å². The molecule has 0 spiro atoms. The number of aryl methyl sites for hydroxylation is 1. The lowest BCUT2D eigenvalue weighted by molar-refractivity contribution is -0.898. The van der Waals surface area contributed by atoms with Crippen molar-refractivity contribution in [2.24, 2.45) is 0 Å². The van der Waals surface area contributed by atoms with Gasteiger partial charge in [-0.05, 0) is 50.2 Å². The van der Waals surface area contributed by atoms with Crippen molar-refractivity contribution in [2.45, 2.75) is 13.8 Å². The molecule has 126 valence electrons. The Morgan fingerprint density at radius 2 is 1.67 bits per heavy atom. The number of anilines is 2. The van der Waals surface area contributed by atoms with Gasteiger partial charge in [-0.3, -0.25) is 4.79 Å². The van der Waals surface area contributed by atoms with E-state index in [9.17, 15) is 4.79 Å². The summed E-state index contributed by atoms with van der Waals surface area (Å²) in [5, 5.41) is 2.96. The van der Waals surface area contributed by atoms with Crippen LogP contribution in [0.2, 0.25) is 0 Å². The second kappa shape index (κ2) is 7.49. The van der Waals surface area contributed by atoms with Crippen LogP contribution in [0.1, 0.15) is 22.8 Å². The van der Waals surface area contributed by atoms with Crippen LogP contribution < -0.4 is 15.1 Å². The van der Waals surface area contributed by atoms with Gasteiger partial charge in [0, 0.05) is 16.9 Å². The molecule has 24 heavy (non-hydrogen) atoms. The summed E-state index contributed by atoms with van der Waals surface area (Å²) in [5.74, 6) is -0.0667. The third kappa shape index (κ3) is 3.95. The van der Waals surface area contributed by atoms with Crippen molar-refractivity contribution in [1.82, 2.24) is 0 Å². The fraction of sp³-hybridized carbons (Fsp3) is 0.350. The monoisotopic (exact) mass is 324 g/mol. The third-order valence-corrected chi connectivity index (χ3v) is 4.77. The van der Waals surface area contributed by atoms with Crippen LogP contribution in [0.5, 0.6) is 0 Å². The molecule has 0 bridgehead atoms. The molecule has 1 aliphatic heterocycles. The molecule has 1 fully saturated rings. The molecule has 1 aliphatic rings. The Hall–Kier alpha value is -2.33. The average molecular weight is 324 g/mol. The molecule has 0 saturated carbocycles. The van der Waals surface area contributed by atoms with Gasteiger partial charge < -0.3 is 15.1 Å². The molecule has 0 atom stereocenters. The van der Waals surface area contributed by atoms with E-state index in [4.69, 9.17) is 0 Å². The zero-order chi connectivity index (χ0) is 16.9. The summed E-state index contributed by atoms with van der Waals surface area (Å²) >= 11 is 0. The predicted molar refractivity (Wildman–Crippen MR) is 99.0 cm³/mol. The molecule has 0 aliphatic carbocycles. The van der Waals surface area contributed by atoms with E-state index in [1.54, 1.807) is 4.90 Å². The van der Waals surface area contributed by atoms with Crippen molar-refractivity contribution in [3.8, 4) is 0 Å². The van der Waals surface area contributed by atoms with Crippen molar-refractivity contribution in [1.29, 1.82) is 0 Å². The van der Waals surface area contributed by atoms with Gasteiger partial charge in [0.2, 0.25) is 0 Å². The number of benzene rings is 2. The first-order valence-corrected chi connectivity index (χ1v) is 8.72. The number of quaternary nitrogens is 1. The molecule has 2 aromatic rings. The van der Waals surface area contributed by atoms with E-state index in [-0.39, 0.29) is 5.91 Å². The second-order valence-electron chi connectivity index (χ2n) is 6.46. The van der Waals surface area contributed by atoms with Gasteiger partial charge in [-0.25, -0.2) is 0 Å². The Kier molecular flexibility index (Phi) is 5.16. The molecule has 2 aromatic carbocycles. The summed E-state index contributed by atoms with van der Waals surface area (Å²) in [7, 11) is 0. The SMILES string of the molecule is CC[NH+]1CCN(c2ccc(NC(=O)c3ccc(C)cc3)cc2)CC1. The highest BCUT2D eigenvalue weighted by atomic mass is 16.1. The number of rotatable bonds is 4. The van der Waals surface area contributed by atoms with E-state index in [2.05, 4.69) is 29.3 Å². The molecule has 3 rings (SSSR count). The highest BCUT2D eigenvalue weighted by molar-refractivity contribution is 6.04. The second-order valence-corrected chi connectivity index (χ2v) is 6.46. The van der Waals surface area contributed by atoms with Gasteiger partial charge >= 0.3 is 0 Å². The Bertz CT molecular complexity index is 671. The van der Waals surface area contributed by atoms with Gasteiger partial charge in [0.25, 0.3) is 5.91 Å². The lowest BCUT2D eigenvalue weighted by Crippen LogP contribution is -3.14. The molecule has 2 N–H and O–H groups in total. The van der Waals surface area contributed by atoms with Crippen molar-refractivity contribution < 1.29 is 9.69 Å². The molecule has 1 saturated heterocycles. The van der Waals surface area contributed by atoms with Crippen LogP contribution in [0.25, 0.3) is 0 Å². The van der Waals surface area contributed by atoms with Crippen molar-refractivity contribution in [2.75, 3.05) is 42.9 Å². The van der Waals surface area contributed by atoms with E-state index < -0.39 is 0 Å². The first kappa shape index (κ1) is 16.5. The highest BCUT2D eigenvalue weighted by Gasteiger charge is 2.18. The standard InChI is InChI=1S/C20H25N3O/c1-3-22-12-14-23(15-13-22)19-10-8-18(9-11-19)21-20(24)17-6-4-16(2)5-7-17/h4-11H,3,12-15H2,1-2H3,(H,21,24)/p+1. The minimum Gasteiger partial charge on any atom is -0.360 e. The fourth-order valence-corrected chi connectivity index (χ4v) is 3.10. The number of nitrogens with one attached hydrogen (secondary N) is 2. The van der Waals surface area contributed by atoms with Crippen LogP contribution in [-0.4, -0.2) is 38.6 Å². The maximum absolute atomic E-state index is 12.3. The largest absolute Gasteiger partial charge is 0.360 e. The molecular formula is C20H26N3O+. The van der Waals surface area contributed by atoms with Gasteiger partial charge in [-0.1, -0.05) is 17.7 Å². The predicted octanol–water partition coefficient (Wildman–Crippen LogP) is 1.97. The van der Waals surface area contributed by atoms with Crippen molar-refractivity contribution in [3.05, 3.63) is 59.7 Å². The Labute approximate surface area is 144 Å². The minimum absolute atomic E-state index is 0.0667. The highest BCUT2D eigenvalue weighted by Crippen LogP contribution is 2.18. The molecule has 4 heteroatoms. The van der Waals surface area contributed by atoms with Crippen molar-refractivity contribution in [3.63, 3.8) is 0 Å². The van der Waals surface area contributed by atoms with Crippen LogP contribution in [0, 0.1) is 6.92 Å². The summed E-state index contributed by atoms with van der Waals surface area (Å²) in [6.45, 7) is 10.1. The molecule has 1 amide bonds. The summed E-state index contributed by atoms with van der Waals surface area (Å²) in [4.78, 5) is 16.4. The Balaban J connectivity index is 1.60. The molecule has 0 unspecified atom stereocenters. The Morgan fingerprint density at radius 1 is 1.04 bits per heavy atom. The maximum Gasteiger partial charge on any atom is 0.255 e. The summed E-state index contributed by atoms with van der Waals surface area (Å²) in [6, 6.07) is 15.8. The van der Waals surface area contributed by atoms with E-state index >= 15 is 0 Å². The zero-order valence-electron chi connectivity index (χ0n) is 14.5. The smallest absolute Gasteiger partial charge is 0.255 e. The number of carbonyl (C=O) groups excluding carboxylic acids is 1. The van der Waals surface area contributed by atoms with Gasteiger partial charge in [0.1, 0.15) is 0 Å². The average Bonchev–Trinajstić information content (AvgIpc) is 2.63. The fourth-order valence-electron chi connectivity index (χ4n) is 3.10. The lowest BCUT2D eigenvalue weighted by Gasteiger charge is -2.33. The van der Waals surface area contributed by atoms with Crippen molar-refractivity contribution >= 4 is 17.3 Å². The molecular weight excluding hydrogens is 298 g/mol. The quantitative estimate of drug-likeness (QED) is 0.902. The molecule has 0 radical (unpaired) electrons. The minimum atomic E-state index is -0.0667. The van der Waals surface area contributed by atoms with Gasteiger partial charge in [-0.2, -0.15) is 0 Å². The Morgan fingerprint density at radius 3 is 2.25 bits per heavy atom. The van der Waals surface area contributed by atoms with Crippen LogP contribution in [-0.2, 0) is 0 Å². The lowest BCUT2D eigenvalue weighted by atomic mass is 10.1. The summed E-state index contributed by atoms with van der Waals surface area (Å²) < 4.78 is 0. The number of carbonyl (C=O) groups is 1. The van der Waals surface area contributed by atoms with E-state index in [0.717, 1.165) is 24.3 Å². The van der Waals surface area contributed by atoms with E-state index in [0.29, 0.717) is 5.56 Å². The van der Waals surface area contributed by atoms with Crippen LogP contribution in [0.4, 0.5) is 11.4 Å². The molecule has 1 heterocycles. The van der Waals surface area contributed by atoms with E-state index in [1.807, 2.05) is 43.3 Å². The maximum atomic E-state index is 12.3. The number of hydrogen-bond donors (Lipinski definition) is 2.